The van der Waals surface area contributed by atoms with Crippen LogP contribution in [0.4, 0.5) is 11.4 Å². The monoisotopic (exact) mass is 274 g/mol. The highest BCUT2D eigenvalue weighted by molar-refractivity contribution is 6.01. The van der Waals surface area contributed by atoms with Gasteiger partial charge in [0.2, 0.25) is 5.91 Å². The van der Waals surface area contributed by atoms with E-state index in [2.05, 4.69) is 10.6 Å². The first-order valence-electron chi connectivity index (χ1n) is 6.77. The molecule has 0 aliphatic heterocycles. The fourth-order valence-electron chi connectivity index (χ4n) is 1.92. The molecule has 0 unspecified atom stereocenters. The molecule has 1 aromatic heterocycles. The summed E-state index contributed by atoms with van der Waals surface area (Å²) in [4.78, 5) is 23.6. The smallest absolute Gasteiger partial charge is 0.362 e. The van der Waals surface area contributed by atoms with Crippen LogP contribution in [0.3, 0.4) is 0 Å². The number of hydrogen-bond acceptors (Lipinski definition) is 4. The summed E-state index contributed by atoms with van der Waals surface area (Å²) in [6.07, 6.45) is 1.22. The fourth-order valence-corrected chi connectivity index (χ4v) is 1.92. The zero-order valence-corrected chi connectivity index (χ0v) is 11.7. The van der Waals surface area contributed by atoms with Crippen LogP contribution in [0.1, 0.15) is 26.7 Å². The molecule has 0 saturated carbocycles. The lowest BCUT2D eigenvalue weighted by molar-refractivity contribution is -0.115. The maximum absolute atomic E-state index is 12.0. The Morgan fingerprint density at radius 2 is 1.95 bits per heavy atom. The summed E-state index contributed by atoms with van der Waals surface area (Å²) in [7, 11) is 0. The molecule has 2 rings (SSSR count). The van der Waals surface area contributed by atoms with Gasteiger partial charge < -0.3 is 15.1 Å². The number of amides is 1. The van der Waals surface area contributed by atoms with E-state index in [1.165, 1.54) is 0 Å². The van der Waals surface area contributed by atoms with Gasteiger partial charge in [0.1, 0.15) is 5.58 Å². The van der Waals surface area contributed by atoms with Gasteiger partial charge in [-0.2, -0.15) is 0 Å². The van der Waals surface area contributed by atoms with Crippen LogP contribution < -0.4 is 16.3 Å². The molecule has 1 heterocycles. The molecule has 5 heteroatoms. The molecule has 20 heavy (non-hydrogen) atoms. The Balaban J connectivity index is 2.60. The van der Waals surface area contributed by atoms with Crippen LogP contribution in [0, 0.1) is 0 Å². The largest absolute Gasteiger partial charge is 0.421 e. The standard InChI is InChI=1S/C15H18N2O3/c1-3-9-16-13-10-7-5-6-8-11(10)20-15(19)14(13)17-12(18)4-2/h5-8,16H,3-4,9H2,1-2H3,(H,17,18). The summed E-state index contributed by atoms with van der Waals surface area (Å²) >= 11 is 0. The zero-order valence-electron chi connectivity index (χ0n) is 11.7. The van der Waals surface area contributed by atoms with E-state index < -0.39 is 5.63 Å². The Morgan fingerprint density at radius 1 is 1.20 bits per heavy atom. The van der Waals surface area contributed by atoms with Crippen LogP contribution in [0.2, 0.25) is 0 Å². The molecule has 0 fully saturated rings. The maximum atomic E-state index is 12.0. The van der Waals surface area contributed by atoms with Crippen molar-refractivity contribution in [3.05, 3.63) is 34.7 Å². The minimum absolute atomic E-state index is 0.184. The third-order valence-electron chi connectivity index (χ3n) is 2.95. The number of hydrogen-bond donors (Lipinski definition) is 2. The quantitative estimate of drug-likeness (QED) is 0.822. The van der Waals surface area contributed by atoms with Gasteiger partial charge in [0.15, 0.2) is 5.69 Å². The van der Waals surface area contributed by atoms with Gasteiger partial charge >= 0.3 is 5.63 Å². The first-order chi connectivity index (χ1) is 9.67. The summed E-state index contributed by atoms with van der Waals surface area (Å²) in [5.74, 6) is -0.216. The van der Waals surface area contributed by atoms with E-state index in [1.807, 2.05) is 19.1 Å². The minimum atomic E-state index is -0.538. The normalized spacial score (nSPS) is 10.5. The molecule has 0 atom stereocenters. The molecule has 1 amide bonds. The Kier molecular flexibility index (Phi) is 4.40. The van der Waals surface area contributed by atoms with Crippen LogP contribution in [0.25, 0.3) is 11.0 Å². The van der Waals surface area contributed by atoms with Crippen molar-refractivity contribution in [3.8, 4) is 0 Å². The summed E-state index contributed by atoms with van der Waals surface area (Å²) < 4.78 is 5.25. The molecule has 0 bridgehead atoms. The first-order valence-corrected chi connectivity index (χ1v) is 6.77. The number of carbonyl (C=O) groups excluding carboxylic acids is 1. The van der Waals surface area contributed by atoms with Crippen LogP contribution in [-0.2, 0) is 4.79 Å². The third-order valence-corrected chi connectivity index (χ3v) is 2.95. The lowest BCUT2D eigenvalue weighted by Crippen LogP contribution is -2.19. The van der Waals surface area contributed by atoms with Crippen LogP contribution in [0.15, 0.2) is 33.5 Å². The van der Waals surface area contributed by atoms with E-state index in [-0.39, 0.29) is 11.6 Å². The number of nitrogens with one attached hydrogen (secondary N) is 2. The van der Waals surface area contributed by atoms with E-state index in [0.717, 1.165) is 11.8 Å². The van der Waals surface area contributed by atoms with Gasteiger partial charge in [0.25, 0.3) is 0 Å². The third kappa shape index (κ3) is 2.82. The highest BCUT2D eigenvalue weighted by Crippen LogP contribution is 2.28. The number of fused-ring (bicyclic) bond motifs is 1. The van der Waals surface area contributed by atoms with Crippen molar-refractivity contribution in [3.63, 3.8) is 0 Å². The van der Waals surface area contributed by atoms with Crippen molar-refractivity contribution in [2.24, 2.45) is 0 Å². The molecule has 0 aliphatic carbocycles. The molecule has 106 valence electrons. The van der Waals surface area contributed by atoms with Crippen LogP contribution in [0.5, 0.6) is 0 Å². The molecule has 5 nitrogen and oxygen atoms in total. The van der Waals surface area contributed by atoms with Gasteiger partial charge in [-0.1, -0.05) is 26.0 Å². The van der Waals surface area contributed by atoms with Gasteiger partial charge in [0.05, 0.1) is 5.69 Å². The molecule has 2 aromatic rings. The van der Waals surface area contributed by atoms with E-state index in [4.69, 9.17) is 4.42 Å². The lowest BCUT2D eigenvalue weighted by Gasteiger charge is -2.13. The number of para-hydroxylation sites is 1. The highest BCUT2D eigenvalue weighted by atomic mass is 16.4. The second kappa shape index (κ2) is 6.23. The number of benzene rings is 1. The summed E-state index contributed by atoms with van der Waals surface area (Å²) in [6.45, 7) is 4.48. The molecule has 0 saturated heterocycles. The van der Waals surface area contributed by atoms with Gasteiger partial charge in [-0.25, -0.2) is 4.79 Å². The highest BCUT2D eigenvalue weighted by Gasteiger charge is 2.15. The van der Waals surface area contributed by atoms with Crippen LogP contribution in [-0.4, -0.2) is 12.5 Å². The van der Waals surface area contributed by atoms with Gasteiger partial charge in [-0.05, 0) is 18.6 Å². The van der Waals surface area contributed by atoms with Crippen molar-refractivity contribution in [1.29, 1.82) is 0 Å². The lowest BCUT2D eigenvalue weighted by atomic mass is 10.1. The molecule has 1 aromatic carbocycles. The minimum Gasteiger partial charge on any atom is -0.421 e. The zero-order chi connectivity index (χ0) is 14.5. The van der Waals surface area contributed by atoms with E-state index in [9.17, 15) is 9.59 Å². The number of rotatable bonds is 5. The van der Waals surface area contributed by atoms with Crippen LogP contribution >= 0.6 is 0 Å². The molecule has 0 aliphatic rings. The maximum Gasteiger partial charge on any atom is 0.362 e. The summed E-state index contributed by atoms with van der Waals surface area (Å²) in [5.41, 5.74) is 0.777. The predicted molar refractivity (Wildman–Crippen MR) is 80.2 cm³/mol. The Bertz CT molecular complexity index is 676. The summed E-state index contributed by atoms with van der Waals surface area (Å²) in [5, 5.41) is 6.61. The van der Waals surface area contributed by atoms with Crippen molar-refractivity contribution in [2.75, 3.05) is 17.2 Å². The molecule has 2 N–H and O–H groups in total. The SMILES string of the molecule is CCCNc1c(NC(=O)CC)c(=O)oc2ccccc12. The number of anilines is 2. The van der Waals surface area contributed by atoms with Crippen molar-refractivity contribution in [2.45, 2.75) is 26.7 Å². The van der Waals surface area contributed by atoms with Gasteiger partial charge in [0, 0.05) is 18.4 Å². The molecule has 0 spiro atoms. The van der Waals surface area contributed by atoms with Crippen molar-refractivity contribution >= 4 is 28.3 Å². The molecule has 0 radical (unpaired) electrons. The van der Waals surface area contributed by atoms with Gasteiger partial charge in [-0.15, -0.1) is 0 Å². The Labute approximate surface area is 117 Å². The second-order valence-electron chi connectivity index (χ2n) is 4.46. The van der Waals surface area contributed by atoms with E-state index in [1.54, 1.807) is 19.1 Å². The summed E-state index contributed by atoms with van der Waals surface area (Å²) in [6, 6.07) is 7.27. The topological polar surface area (TPSA) is 71.3 Å². The van der Waals surface area contributed by atoms with E-state index in [0.29, 0.717) is 24.2 Å². The second-order valence-corrected chi connectivity index (χ2v) is 4.46. The van der Waals surface area contributed by atoms with E-state index >= 15 is 0 Å². The van der Waals surface area contributed by atoms with Crippen molar-refractivity contribution < 1.29 is 9.21 Å². The predicted octanol–water partition coefficient (Wildman–Crippen LogP) is 2.96. The van der Waals surface area contributed by atoms with Crippen molar-refractivity contribution in [1.82, 2.24) is 0 Å². The molecular formula is C15H18N2O3. The van der Waals surface area contributed by atoms with Gasteiger partial charge in [-0.3, -0.25) is 4.79 Å². The average molecular weight is 274 g/mol. The number of carbonyl (C=O) groups is 1. The first kappa shape index (κ1) is 14.1. The molecular weight excluding hydrogens is 256 g/mol. The Hall–Kier alpha value is -2.30. The Morgan fingerprint density at radius 3 is 2.65 bits per heavy atom. The fraction of sp³-hybridized carbons (Fsp3) is 0.333. The average Bonchev–Trinajstić information content (AvgIpc) is 2.46.